The van der Waals surface area contributed by atoms with E-state index in [-0.39, 0.29) is 21.4 Å². The van der Waals surface area contributed by atoms with E-state index >= 15 is 0 Å². The van der Waals surface area contributed by atoms with Crippen molar-refractivity contribution in [2.45, 2.75) is 36.2 Å². The van der Waals surface area contributed by atoms with Gasteiger partial charge in [-0.1, -0.05) is 0 Å². The minimum atomic E-state index is -3.04. The Bertz CT molecular complexity index is 247. The maximum absolute atomic E-state index is 11.1. The van der Waals surface area contributed by atoms with Crippen molar-refractivity contribution < 1.29 is 17.1 Å². The molecular formula is C8H12GeO4. The molecule has 5 heteroatoms. The zero-order chi connectivity index (χ0) is 9.64. The molecule has 2 atom stereocenters. The normalized spacial score (nSPS) is 43.8. The van der Waals surface area contributed by atoms with Gasteiger partial charge in [0, 0.05) is 0 Å². The van der Waals surface area contributed by atoms with Crippen molar-refractivity contribution in [2.24, 2.45) is 0 Å². The average molecular weight is 245 g/mol. The molecule has 0 bridgehead atoms. The zero-order valence-corrected chi connectivity index (χ0v) is 9.80. The first-order valence-electron chi connectivity index (χ1n) is 4.48. The molecule has 0 aromatic carbocycles. The fraction of sp³-hybridized carbons (Fsp3) is 0.750. The van der Waals surface area contributed by atoms with Crippen LogP contribution in [0.4, 0.5) is 0 Å². The number of carbonyl (C=O) groups excluding carboxylic acids is 2. The minimum absolute atomic E-state index is 0.161. The number of hydrogen-bond acceptors (Lipinski definition) is 4. The second kappa shape index (κ2) is 2.73. The predicted molar refractivity (Wildman–Crippen MR) is 46.0 cm³/mol. The molecule has 2 heterocycles. The monoisotopic (exact) mass is 246 g/mol. The molecule has 0 saturated carbocycles. The third kappa shape index (κ3) is 1.19. The van der Waals surface area contributed by atoms with Crippen molar-refractivity contribution in [3.63, 3.8) is 0 Å². The van der Waals surface area contributed by atoms with Crippen LogP contribution in [-0.2, 0) is 17.1 Å². The van der Waals surface area contributed by atoms with E-state index in [9.17, 15) is 9.59 Å². The summed E-state index contributed by atoms with van der Waals surface area (Å²) in [6.45, 7) is 3.92. The maximum atomic E-state index is 11.1. The van der Waals surface area contributed by atoms with Gasteiger partial charge in [-0.25, -0.2) is 0 Å². The van der Waals surface area contributed by atoms with Crippen LogP contribution in [0.3, 0.4) is 0 Å². The summed E-state index contributed by atoms with van der Waals surface area (Å²) in [5.74, 6) is -0.372. The topological polar surface area (TPSA) is 52.6 Å². The first-order valence-corrected chi connectivity index (χ1v) is 8.62. The molecule has 72 valence electrons. The molecule has 2 saturated heterocycles. The fourth-order valence-corrected chi connectivity index (χ4v) is 9.68. The Morgan fingerprint density at radius 1 is 1.08 bits per heavy atom. The molecule has 2 rings (SSSR count). The second-order valence-corrected chi connectivity index (χ2v) is 11.9. The van der Waals surface area contributed by atoms with Gasteiger partial charge >= 0.3 is 79.2 Å². The molecule has 0 aliphatic carbocycles. The van der Waals surface area contributed by atoms with Gasteiger partial charge in [0.2, 0.25) is 0 Å². The van der Waals surface area contributed by atoms with E-state index in [0.29, 0.717) is 12.8 Å². The summed E-state index contributed by atoms with van der Waals surface area (Å²) >= 11 is -3.04. The van der Waals surface area contributed by atoms with Crippen LogP contribution >= 0.6 is 0 Å². The van der Waals surface area contributed by atoms with Crippen LogP contribution in [0, 0.1) is 0 Å². The van der Waals surface area contributed by atoms with Gasteiger partial charge in [-0.15, -0.1) is 0 Å². The van der Waals surface area contributed by atoms with Crippen molar-refractivity contribution >= 4 is 25.9 Å². The quantitative estimate of drug-likeness (QED) is 0.599. The summed E-state index contributed by atoms with van der Waals surface area (Å²) in [6, 6.07) is 0. The average Bonchev–Trinajstić information content (AvgIpc) is 2.40. The van der Waals surface area contributed by atoms with Crippen LogP contribution in [0.5, 0.6) is 0 Å². The van der Waals surface area contributed by atoms with Crippen LogP contribution in [0.2, 0.25) is 9.50 Å². The molecular weight excluding hydrogens is 233 g/mol. The Hall–Kier alpha value is -0.517. The molecule has 2 aliphatic heterocycles. The van der Waals surface area contributed by atoms with Crippen LogP contribution in [-0.4, -0.2) is 25.9 Å². The Kier molecular flexibility index (Phi) is 1.90. The van der Waals surface area contributed by atoms with Gasteiger partial charge in [0.15, 0.2) is 0 Å². The molecule has 1 spiro atoms. The van der Waals surface area contributed by atoms with Gasteiger partial charge in [-0.2, -0.15) is 0 Å². The van der Waals surface area contributed by atoms with Gasteiger partial charge in [-0.05, 0) is 0 Å². The Morgan fingerprint density at radius 3 is 1.69 bits per heavy atom. The molecule has 13 heavy (non-hydrogen) atoms. The Morgan fingerprint density at radius 2 is 1.46 bits per heavy atom. The molecule has 0 amide bonds. The van der Waals surface area contributed by atoms with Crippen LogP contribution in [0.15, 0.2) is 0 Å². The molecule has 0 radical (unpaired) electrons. The van der Waals surface area contributed by atoms with Gasteiger partial charge in [-0.3, -0.25) is 0 Å². The second-order valence-electron chi connectivity index (χ2n) is 3.88. The number of rotatable bonds is 0. The van der Waals surface area contributed by atoms with Gasteiger partial charge in [0.25, 0.3) is 0 Å². The Balaban J connectivity index is 2.29. The summed E-state index contributed by atoms with van der Waals surface area (Å²) in [5, 5.41) is 0. The van der Waals surface area contributed by atoms with Crippen molar-refractivity contribution in [1.29, 1.82) is 0 Å². The van der Waals surface area contributed by atoms with Gasteiger partial charge < -0.3 is 0 Å². The van der Waals surface area contributed by atoms with Crippen molar-refractivity contribution in [3.8, 4) is 0 Å². The SMILES string of the molecule is C[CH]1CC(=O)[O][Ge]12[O]C(=O)C[CH]2C. The van der Waals surface area contributed by atoms with Crippen molar-refractivity contribution in [3.05, 3.63) is 0 Å². The number of carbonyl (C=O) groups is 2. The first-order chi connectivity index (χ1) is 6.04. The molecule has 2 unspecified atom stereocenters. The Labute approximate surface area is 79.6 Å². The van der Waals surface area contributed by atoms with E-state index in [0.717, 1.165) is 0 Å². The third-order valence-corrected chi connectivity index (χ3v) is 11.8. The molecule has 0 N–H and O–H groups in total. The van der Waals surface area contributed by atoms with E-state index in [1.807, 2.05) is 13.8 Å². The van der Waals surface area contributed by atoms with Crippen LogP contribution in [0.25, 0.3) is 0 Å². The van der Waals surface area contributed by atoms with E-state index in [1.165, 1.54) is 0 Å². The molecule has 0 aromatic rings. The number of hydrogen-bond donors (Lipinski definition) is 0. The zero-order valence-electron chi connectivity index (χ0n) is 7.70. The first kappa shape index (κ1) is 9.05. The van der Waals surface area contributed by atoms with Crippen molar-refractivity contribution in [1.82, 2.24) is 0 Å². The standard InChI is InChI=1S/C8H12GeO4/c1-5-3-7(10)12-9(5)6(2)4-8(11)13-9/h5-6H,3-4H2,1-2H3. The van der Waals surface area contributed by atoms with Crippen LogP contribution < -0.4 is 0 Å². The molecule has 2 aliphatic rings. The molecule has 0 aromatic heterocycles. The van der Waals surface area contributed by atoms with E-state index in [4.69, 9.17) is 7.53 Å². The van der Waals surface area contributed by atoms with Crippen LogP contribution in [0.1, 0.15) is 26.7 Å². The molecule has 4 nitrogen and oxygen atoms in total. The summed E-state index contributed by atoms with van der Waals surface area (Å²) in [6.07, 6.45) is 0.856. The third-order valence-electron chi connectivity index (χ3n) is 2.87. The van der Waals surface area contributed by atoms with Gasteiger partial charge in [0.05, 0.1) is 0 Å². The van der Waals surface area contributed by atoms with E-state index in [2.05, 4.69) is 0 Å². The van der Waals surface area contributed by atoms with E-state index in [1.54, 1.807) is 0 Å². The van der Waals surface area contributed by atoms with E-state index < -0.39 is 13.9 Å². The predicted octanol–water partition coefficient (Wildman–Crippen LogP) is 1.10. The fourth-order valence-electron chi connectivity index (χ4n) is 2.13. The summed E-state index contributed by atoms with van der Waals surface area (Å²) in [4.78, 5) is 22.2. The summed E-state index contributed by atoms with van der Waals surface area (Å²) in [7, 11) is 0. The van der Waals surface area contributed by atoms with Crippen molar-refractivity contribution in [2.75, 3.05) is 0 Å². The summed E-state index contributed by atoms with van der Waals surface area (Å²) < 4.78 is 10.9. The summed E-state index contributed by atoms with van der Waals surface area (Å²) in [5.41, 5.74) is 0. The molecule has 2 fully saturated rings. The van der Waals surface area contributed by atoms with Gasteiger partial charge in [0.1, 0.15) is 0 Å².